The summed E-state index contributed by atoms with van der Waals surface area (Å²) in [6, 6.07) is 4.22. The fraction of sp³-hybridized carbons (Fsp3) is 0.143. The molecular weight excluding hydrogens is 373 g/mol. The topological polar surface area (TPSA) is 54.0 Å². The number of benzene rings is 1. The van der Waals surface area contributed by atoms with Crippen molar-refractivity contribution in [1.82, 2.24) is 10.3 Å². The van der Waals surface area contributed by atoms with Gasteiger partial charge in [-0.3, -0.25) is 4.79 Å². The Hall–Kier alpha value is -2.06. The molecule has 0 fully saturated rings. The van der Waals surface area contributed by atoms with Gasteiger partial charge in [-0.25, -0.2) is 0 Å². The number of aromatic nitrogens is 1. The van der Waals surface area contributed by atoms with Crippen molar-refractivity contribution < 1.29 is 22.4 Å². The lowest BCUT2D eigenvalue weighted by atomic mass is 10.2. The standard InChI is InChI=1S/C14H9Cl2F4N3O/c15-7-2-1-6(5-8(7)16)14(24)22-4-3-21-11-9(17)12(19)23-13(20)10(11)18/h1-2,5H,3-4H2,(H,21,23)(H,22,24). The summed E-state index contributed by atoms with van der Waals surface area (Å²) in [4.78, 5) is 14.3. The second-order valence-corrected chi connectivity index (χ2v) is 5.32. The van der Waals surface area contributed by atoms with Crippen LogP contribution >= 0.6 is 23.2 Å². The molecule has 0 saturated carbocycles. The number of pyridine rings is 1. The maximum Gasteiger partial charge on any atom is 0.253 e. The molecule has 0 spiro atoms. The third-order valence-corrected chi connectivity index (χ3v) is 3.63. The second kappa shape index (κ2) is 7.67. The predicted octanol–water partition coefficient (Wildman–Crippen LogP) is 3.79. The quantitative estimate of drug-likeness (QED) is 0.470. The molecule has 24 heavy (non-hydrogen) atoms. The number of carbonyl (C=O) groups is 1. The first kappa shape index (κ1) is 18.3. The molecule has 0 aliphatic carbocycles. The summed E-state index contributed by atoms with van der Waals surface area (Å²) in [5.41, 5.74) is -0.772. The Labute approximate surface area is 143 Å². The molecule has 0 aliphatic heterocycles. The summed E-state index contributed by atoms with van der Waals surface area (Å²) in [5, 5.41) is 5.06. The minimum Gasteiger partial charge on any atom is -0.378 e. The summed E-state index contributed by atoms with van der Waals surface area (Å²) < 4.78 is 52.6. The molecule has 0 unspecified atom stereocenters. The van der Waals surface area contributed by atoms with E-state index in [0.29, 0.717) is 0 Å². The van der Waals surface area contributed by atoms with Crippen molar-refractivity contribution in [2.75, 3.05) is 18.4 Å². The third kappa shape index (κ3) is 4.07. The Morgan fingerprint density at radius 3 is 2.21 bits per heavy atom. The van der Waals surface area contributed by atoms with Crippen LogP contribution in [0.4, 0.5) is 23.2 Å². The molecule has 1 amide bonds. The van der Waals surface area contributed by atoms with Crippen LogP contribution < -0.4 is 10.6 Å². The van der Waals surface area contributed by atoms with Gasteiger partial charge in [-0.1, -0.05) is 23.2 Å². The summed E-state index contributed by atoms with van der Waals surface area (Å²) in [6.45, 7) is -0.271. The highest BCUT2D eigenvalue weighted by Crippen LogP contribution is 2.23. The van der Waals surface area contributed by atoms with Gasteiger partial charge < -0.3 is 10.6 Å². The lowest BCUT2D eigenvalue weighted by molar-refractivity contribution is 0.0955. The summed E-state index contributed by atoms with van der Waals surface area (Å²) in [7, 11) is 0. The lowest BCUT2D eigenvalue weighted by Gasteiger charge is -2.10. The fourth-order valence-corrected chi connectivity index (χ4v) is 2.04. The molecule has 2 aromatic rings. The van der Waals surface area contributed by atoms with Crippen molar-refractivity contribution in [2.45, 2.75) is 0 Å². The monoisotopic (exact) mass is 381 g/mol. The first-order chi connectivity index (χ1) is 11.3. The maximum absolute atomic E-state index is 13.4. The number of rotatable bonds is 5. The Balaban J connectivity index is 1.94. The van der Waals surface area contributed by atoms with Crippen LogP contribution in [0.2, 0.25) is 10.0 Å². The first-order valence-corrected chi connectivity index (χ1v) is 7.24. The molecule has 1 aromatic heterocycles. The fourth-order valence-electron chi connectivity index (χ4n) is 1.75. The molecule has 10 heteroatoms. The Morgan fingerprint density at radius 2 is 1.62 bits per heavy atom. The molecule has 2 N–H and O–H groups in total. The van der Waals surface area contributed by atoms with E-state index in [0.717, 1.165) is 0 Å². The van der Waals surface area contributed by atoms with Gasteiger partial charge in [0.05, 0.1) is 10.0 Å². The van der Waals surface area contributed by atoms with Gasteiger partial charge in [0.15, 0.2) is 0 Å². The van der Waals surface area contributed by atoms with E-state index in [1.807, 2.05) is 0 Å². The normalized spacial score (nSPS) is 10.6. The molecule has 0 atom stereocenters. The number of amides is 1. The van der Waals surface area contributed by atoms with E-state index >= 15 is 0 Å². The van der Waals surface area contributed by atoms with Gasteiger partial charge in [0, 0.05) is 18.7 Å². The average molecular weight is 382 g/mol. The Morgan fingerprint density at radius 1 is 1.00 bits per heavy atom. The molecule has 1 heterocycles. The van der Waals surface area contributed by atoms with E-state index < -0.39 is 35.1 Å². The van der Waals surface area contributed by atoms with Crippen LogP contribution in [-0.2, 0) is 0 Å². The molecule has 128 valence electrons. The van der Waals surface area contributed by atoms with Crippen LogP contribution in [0, 0.1) is 23.5 Å². The number of anilines is 1. The summed E-state index contributed by atoms with van der Waals surface area (Å²) in [6.07, 6.45) is 0. The number of hydrogen-bond acceptors (Lipinski definition) is 3. The number of hydrogen-bond donors (Lipinski definition) is 2. The summed E-state index contributed by atoms with van der Waals surface area (Å²) >= 11 is 11.5. The van der Waals surface area contributed by atoms with Crippen LogP contribution in [0.3, 0.4) is 0 Å². The van der Waals surface area contributed by atoms with Gasteiger partial charge in [-0.05, 0) is 18.2 Å². The van der Waals surface area contributed by atoms with Crippen LogP contribution in [0.5, 0.6) is 0 Å². The van der Waals surface area contributed by atoms with Crippen molar-refractivity contribution in [3.8, 4) is 0 Å². The SMILES string of the molecule is O=C(NCCNc1c(F)c(F)nc(F)c1F)c1ccc(Cl)c(Cl)c1. The minimum absolute atomic E-state index is 0.0798. The number of nitrogens with one attached hydrogen (secondary N) is 2. The van der Waals surface area contributed by atoms with Gasteiger partial charge >= 0.3 is 0 Å². The predicted molar refractivity (Wildman–Crippen MR) is 81.4 cm³/mol. The molecule has 4 nitrogen and oxygen atoms in total. The Bertz CT molecular complexity index is 763. The lowest BCUT2D eigenvalue weighted by Crippen LogP contribution is -2.29. The Kier molecular flexibility index (Phi) is 5.84. The van der Waals surface area contributed by atoms with Gasteiger partial charge in [0.1, 0.15) is 5.69 Å². The van der Waals surface area contributed by atoms with E-state index in [9.17, 15) is 22.4 Å². The van der Waals surface area contributed by atoms with Gasteiger partial charge in [-0.15, -0.1) is 0 Å². The minimum atomic E-state index is -1.77. The van der Waals surface area contributed by atoms with Gasteiger partial charge in [0.2, 0.25) is 11.6 Å². The third-order valence-electron chi connectivity index (χ3n) is 2.89. The first-order valence-electron chi connectivity index (χ1n) is 6.48. The molecule has 0 bridgehead atoms. The van der Waals surface area contributed by atoms with E-state index in [1.165, 1.54) is 18.2 Å². The highest BCUT2D eigenvalue weighted by Gasteiger charge is 2.20. The largest absolute Gasteiger partial charge is 0.378 e. The van der Waals surface area contributed by atoms with Crippen molar-refractivity contribution in [1.29, 1.82) is 0 Å². The van der Waals surface area contributed by atoms with E-state index in [2.05, 4.69) is 15.6 Å². The van der Waals surface area contributed by atoms with Gasteiger partial charge in [-0.2, -0.15) is 22.5 Å². The molecule has 0 saturated heterocycles. The van der Waals surface area contributed by atoms with E-state index in [4.69, 9.17) is 23.2 Å². The maximum atomic E-state index is 13.4. The van der Waals surface area contributed by atoms with Crippen LogP contribution in [0.25, 0.3) is 0 Å². The molecule has 1 aromatic carbocycles. The zero-order valence-corrected chi connectivity index (χ0v) is 13.3. The molecule has 0 aliphatic rings. The number of nitrogens with zero attached hydrogens (tertiary/aromatic N) is 1. The van der Waals surface area contributed by atoms with Crippen molar-refractivity contribution >= 4 is 34.8 Å². The zero-order valence-electron chi connectivity index (χ0n) is 11.8. The second-order valence-electron chi connectivity index (χ2n) is 4.51. The smallest absolute Gasteiger partial charge is 0.253 e. The number of halogens is 6. The van der Waals surface area contributed by atoms with Crippen molar-refractivity contribution in [3.05, 3.63) is 57.3 Å². The molecular formula is C14H9Cl2F4N3O. The zero-order chi connectivity index (χ0) is 17.9. The number of carbonyl (C=O) groups excluding carboxylic acids is 1. The average Bonchev–Trinajstić information content (AvgIpc) is 2.54. The summed E-state index contributed by atoms with van der Waals surface area (Å²) in [5.74, 6) is -7.34. The van der Waals surface area contributed by atoms with E-state index in [1.54, 1.807) is 0 Å². The molecule has 2 rings (SSSR count). The highest BCUT2D eigenvalue weighted by molar-refractivity contribution is 6.42. The van der Waals surface area contributed by atoms with E-state index in [-0.39, 0.29) is 28.7 Å². The highest BCUT2D eigenvalue weighted by atomic mass is 35.5. The van der Waals surface area contributed by atoms with Crippen molar-refractivity contribution in [2.24, 2.45) is 0 Å². The van der Waals surface area contributed by atoms with Crippen molar-refractivity contribution in [3.63, 3.8) is 0 Å². The van der Waals surface area contributed by atoms with Crippen LogP contribution in [-0.4, -0.2) is 24.0 Å². The molecule has 0 radical (unpaired) electrons. The van der Waals surface area contributed by atoms with Gasteiger partial charge in [0.25, 0.3) is 17.8 Å². The van der Waals surface area contributed by atoms with Crippen LogP contribution in [0.15, 0.2) is 18.2 Å². The van der Waals surface area contributed by atoms with Crippen LogP contribution in [0.1, 0.15) is 10.4 Å².